The normalized spacial score (nSPS) is 29.5. The van der Waals surface area contributed by atoms with Gasteiger partial charge in [0.1, 0.15) is 0 Å². The lowest BCUT2D eigenvalue weighted by Crippen LogP contribution is -2.57. The van der Waals surface area contributed by atoms with Crippen molar-refractivity contribution in [2.45, 2.75) is 31.7 Å². The first kappa shape index (κ1) is 10.0. The minimum Gasteiger partial charge on any atom is -0.368 e. The number of piperidine rings is 1. The van der Waals surface area contributed by atoms with E-state index in [1.807, 2.05) is 11.8 Å². The van der Waals surface area contributed by atoms with E-state index in [2.05, 4.69) is 6.07 Å². The topological polar surface area (TPSA) is 70.1 Å². The van der Waals surface area contributed by atoms with Crippen LogP contribution in [0.1, 0.15) is 26.2 Å². The van der Waals surface area contributed by atoms with Crippen LogP contribution in [0.5, 0.6) is 0 Å². The highest BCUT2D eigenvalue weighted by molar-refractivity contribution is 5.84. The van der Waals surface area contributed by atoms with Gasteiger partial charge in [-0.25, -0.2) is 0 Å². The number of carbonyl (C=O) groups is 1. The van der Waals surface area contributed by atoms with Crippen molar-refractivity contribution in [3.8, 4) is 6.07 Å². The number of primary amides is 1. The summed E-state index contributed by atoms with van der Waals surface area (Å²) < 4.78 is 0. The molecule has 1 saturated heterocycles. The van der Waals surface area contributed by atoms with Crippen molar-refractivity contribution < 1.29 is 4.79 Å². The number of hydrogen-bond donors (Lipinski definition) is 1. The van der Waals surface area contributed by atoms with Crippen LogP contribution >= 0.6 is 0 Å². The maximum atomic E-state index is 11.2. The molecule has 1 aliphatic rings. The van der Waals surface area contributed by atoms with E-state index in [9.17, 15) is 4.79 Å². The molecule has 1 aliphatic heterocycles. The fourth-order valence-electron chi connectivity index (χ4n) is 1.79. The number of hydrogen-bond acceptors (Lipinski definition) is 3. The van der Waals surface area contributed by atoms with Crippen LogP contribution < -0.4 is 5.73 Å². The van der Waals surface area contributed by atoms with E-state index in [1.54, 1.807) is 0 Å². The lowest BCUT2D eigenvalue weighted by molar-refractivity contribution is -0.130. The van der Waals surface area contributed by atoms with Crippen LogP contribution in [0.3, 0.4) is 0 Å². The van der Waals surface area contributed by atoms with Gasteiger partial charge in [-0.05, 0) is 26.2 Å². The molecule has 1 atom stereocenters. The molecule has 1 heterocycles. The summed E-state index contributed by atoms with van der Waals surface area (Å²) in [5.74, 6) is -0.317. The van der Waals surface area contributed by atoms with Crippen LogP contribution in [-0.4, -0.2) is 29.4 Å². The zero-order chi connectivity index (χ0) is 9.90. The number of amides is 1. The van der Waals surface area contributed by atoms with Gasteiger partial charge >= 0.3 is 0 Å². The molecular weight excluding hydrogens is 166 g/mol. The summed E-state index contributed by atoms with van der Waals surface area (Å²) in [6.45, 7) is 2.91. The highest BCUT2D eigenvalue weighted by Crippen LogP contribution is 2.26. The van der Waals surface area contributed by atoms with Gasteiger partial charge in [-0.1, -0.05) is 0 Å². The fourth-order valence-corrected chi connectivity index (χ4v) is 1.79. The van der Waals surface area contributed by atoms with Gasteiger partial charge in [-0.2, -0.15) is 5.26 Å². The highest BCUT2D eigenvalue weighted by atomic mass is 16.1. The van der Waals surface area contributed by atoms with Crippen LogP contribution in [0.15, 0.2) is 0 Å². The maximum Gasteiger partial charge on any atom is 0.237 e. The van der Waals surface area contributed by atoms with Gasteiger partial charge in [0.25, 0.3) is 0 Å². The van der Waals surface area contributed by atoms with Crippen molar-refractivity contribution >= 4 is 5.91 Å². The number of nitriles is 1. The van der Waals surface area contributed by atoms with Crippen molar-refractivity contribution in [2.75, 3.05) is 13.1 Å². The molecular formula is C9H15N3O. The van der Waals surface area contributed by atoms with E-state index in [0.29, 0.717) is 6.54 Å². The summed E-state index contributed by atoms with van der Waals surface area (Å²) >= 11 is 0. The third-order valence-electron chi connectivity index (χ3n) is 2.83. The number of likely N-dealkylation sites (tertiary alicyclic amines) is 1. The molecule has 0 aromatic heterocycles. The molecule has 1 amide bonds. The summed E-state index contributed by atoms with van der Waals surface area (Å²) in [5.41, 5.74) is 4.73. The second-order valence-corrected chi connectivity index (χ2v) is 3.67. The molecule has 2 N–H and O–H groups in total. The Kier molecular flexibility index (Phi) is 2.89. The maximum absolute atomic E-state index is 11.2. The monoisotopic (exact) mass is 181 g/mol. The van der Waals surface area contributed by atoms with E-state index in [1.165, 1.54) is 0 Å². The molecule has 0 aromatic rings. The van der Waals surface area contributed by atoms with Crippen LogP contribution in [0.25, 0.3) is 0 Å². The summed E-state index contributed by atoms with van der Waals surface area (Å²) in [5, 5.41) is 8.59. The minimum atomic E-state index is -0.603. The Labute approximate surface area is 78.3 Å². The molecule has 4 heteroatoms. The molecule has 1 fully saturated rings. The van der Waals surface area contributed by atoms with Crippen molar-refractivity contribution in [1.82, 2.24) is 4.90 Å². The predicted molar refractivity (Wildman–Crippen MR) is 48.6 cm³/mol. The molecule has 72 valence electrons. The Morgan fingerprint density at radius 1 is 1.69 bits per heavy atom. The Bertz CT molecular complexity index is 246. The lowest BCUT2D eigenvalue weighted by Gasteiger charge is -2.41. The van der Waals surface area contributed by atoms with Gasteiger partial charge in [0, 0.05) is 6.54 Å². The van der Waals surface area contributed by atoms with E-state index in [-0.39, 0.29) is 5.91 Å². The Morgan fingerprint density at radius 3 is 2.92 bits per heavy atom. The Morgan fingerprint density at radius 2 is 2.38 bits per heavy atom. The quantitative estimate of drug-likeness (QED) is 0.620. The Balaban J connectivity index is 2.78. The van der Waals surface area contributed by atoms with Crippen molar-refractivity contribution in [3.63, 3.8) is 0 Å². The van der Waals surface area contributed by atoms with E-state index in [0.717, 1.165) is 25.8 Å². The number of nitrogens with two attached hydrogens (primary N) is 1. The Hall–Kier alpha value is -1.08. The number of rotatable bonds is 2. The third kappa shape index (κ3) is 1.81. The molecule has 0 spiro atoms. The van der Waals surface area contributed by atoms with E-state index >= 15 is 0 Å². The average molecular weight is 181 g/mol. The summed E-state index contributed by atoms with van der Waals surface area (Å²) in [6.07, 6.45) is 2.83. The van der Waals surface area contributed by atoms with Crippen LogP contribution in [0.4, 0.5) is 0 Å². The van der Waals surface area contributed by atoms with Gasteiger partial charge in [0.15, 0.2) is 0 Å². The van der Waals surface area contributed by atoms with E-state index in [4.69, 9.17) is 11.0 Å². The van der Waals surface area contributed by atoms with Crippen molar-refractivity contribution in [2.24, 2.45) is 5.73 Å². The second-order valence-electron chi connectivity index (χ2n) is 3.67. The molecule has 1 rings (SSSR count). The summed E-state index contributed by atoms with van der Waals surface area (Å²) in [7, 11) is 0. The fraction of sp³-hybridized carbons (Fsp3) is 0.778. The zero-order valence-corrected chi connectivity index (χ0v) is 7.92. The zero-order valence-electron chi connectivity index (χ0n) is 7.92. The molecule has 4 nitrogen and oxygen atoms in total. The molecule has 0 aromatic carbocycles. The molecule has 0 bridgehead atoms. The predicted octanol–water partition coefficient (Wildman–Crippen LogP) is 0.240. The second kappa shape index (κ2) is 3.75. The number of carbonyl (C=O) groups excluding carboxylic acids is 1. The van der Waals surface area contributed by atoms with E-state index < -0.39 is 5.54 Å². The first-order valence-corrected chi connectivity index (χ1v) is 4.53. The molecule has 0 saturated carbocycles. The van der Waals surface area contributed by atoms with Gasteiger partial charge < -0.3 is 5.73 Å². The van der Waals surface area contributed by atoms with Crippen LogP contribution in [0.2, 0.25) is 0 Å². The van der Waals surface area contributed by atoms with Crippen molar-refractivity contribution in [3.05, 3.63) is 0 Å². The number of nitrogens with zero attached hydrogens (tertiary/aromatic N) is 2. The third-order valence-corrected chi connectivity index (χ3v) is 2.83. The SMILES string of the molecule is CC1(C(N)=O)CCCCN1CC#N. The van der Waals surface area contributed by atoms with Gasteiger partial charge in [-0.15, -0.1) is 0 Å². The highest BCUT2D eigenvalue weighted by Gasteiger charge is 2.39. The first-order valence-electron chi connectivity index (χ1n) is 4.53. The average Bonchev–Trinajstić information content (AvgIpc) is 2.09. The molecule has 1 unspecified atom stereocenters. The molecule has 0 aliphatic carbocycles. The lowest BCUT2D eigenvalue weighted by atomic mass is 9.88. The van der Waals surface area contributed by atoms with Gasteiger partial charge in [0.05, 0.1) is 18.2 Å². The summed E-state index contributed by atoms with van der Waals surface area (Å²) in [6, 6.07) is 2.07. The molecule has 0 radical (unpaired) electrons. The minimum absolute atomic E-state index is 0.291. The van der Waals surface area contributed by atoms with Crippen LogP contribution in [0, 0.1) is 11.3 Å². The van der Waals surface area contributed by atoms with Gasteiger partial charge in [0.2, 0.25) is 5.91 Å². The summed E-state index contributed by atoms with van der Waals surface area (Å²) in [4.78, 5) is 13.1. The largest absolute Gasteiger partial charge is 0.368 e. The molecule has 13 heavy (non-hydrogen) atoms. The van der Waals surface area contributed by atoms with Crippen molar-refractivity contribution in [1.29, 1.82) is 5.26 Å². The van der Waals surface area contributed by atoms with Crippen LogP contribution in [-0.2, 0) is 4.79 Å². The standard InChI is InChI=1S/C9H15N3O/c1-9(8(11)13)4-2-3-6-12(9)7-5-10/h2-4,6-7H2,1H3,(H2,11,13). The van der Waals surface area contributed by atoms with Gasteiger partial charge in [-0.3, -0.25) is 9.69 Å². The first-order chi connectivity index (χ1) is 6.11. The smallest absolute Gasteiger partial charge is 0.237 e.